The molecule has 3 amide bonds. The molecule has 0 aliphatic heterocycles. The van der Waals surface area contributed by atoms with Gasteiger partial charge in [-0.1, -0.05) is 0 Å². The second-order valence-electron chi connectivity index (χ2n) is 3.40. The molecular formula is C11H15N3O3. The smallest absolute Gasteiger partial charge is 0.321 e. The van der Waals surface area contributed by atoms with Gasteiger partial charge in [-0.25, -0.2) is 4.79 Å². The SMILES string of the molecule is CNC(=O)NC(=O)C(C)Oc1ccc(N)cc1. The molecule has 0 saturated carbocycles. The molecule has 0 aliphatic carbocycles. The Kier molecular flexibility index (Phi) is 4.33. The van der Waals surface area contributed by atoms with Crippen molar-refractivity contribution in [3.63, 3.8) is 0 Å². The zero-order valence-electron chi connectivity index (χ0n) is 9.69. The van der Waals surface area contributed by atoms with Crippen molar-refractivity contribution in [3.8, 4) is 5.75 Å². The van der Waals surface area contributed by atoms with Crippen LogP contribution in [0.15, 0.2) is 24.3 Å². The van der Waals surface area contributed by atoms with Crippen LogP contribution < -0.4 is 21.1 Å². The van der Waals surface area contributed by atoms with E-state index in [1.54, 1.807) is 31.2 Å². The monoisotopic (exact) mass is 237 g/mol. The fourth-order valence-corrected chi connectivity index (χ4v) is 1.08. The molecule has 1 unspecified atom stereocenters. The molecule has 0 bridgehead atoms. The van der Waals surface area contributed by atoms with Crippen molar-refractivity contribution in [2.45, 2.75) is 13.0 Å². The summed E-state index contributed by atoms with van der Waals surface area (Å²) >= 11 is 0. The van der Waals surface area contributed by atoms with Gasteiger partial charge in [-0.15, -0.1) is 0 Å². The molecule has 6 heteroatoms. The Morgan fingerprint density at radius 3 is 2.41 bits per heavy atom. The second-order valence-corrected chi connectivity index (χ2v) is 3.40. The second kappa shape index (κ2) is 5.74. The highest BCUT2D eigenvalue weighted by Crippen LogP contribution is 2.14. The molecule has 6 nitrogen and oxygen atoms in total. The van der Waals surface area contributed by atoms with Crippen molar-refractivity contribution in [1.29, 1.82) is 0 Å². The van der Waals surface area contributed by atoms with Gasteiger partial charge in [0.2, 0.25) is 0 Å². The zero-order valence-corrected chi connectivity index (χ0v) is 9.69. The van der Waals surface area contributed by atoms with Crippen LogP contribution in [0, 0.1) is 0 Å². The van der Waals surface area contributed by atoms with Gasteiger partial charge in [-0.05, 0) is 31.2 Å². The molecule has 1 rings (SSSR count). The molecule has 0 aromatic heterocycles. The molecule has 17 heavy (non-hydrogen) atoms. The number of nitrogens with two attached hydrogens (primary N) is 1. The summed E-state index contributed by atoms with van der Waals surface area (Å²) in [5, 5.41) is 4.40. The average molecular weight is 237 g/mol. The molecule has 0 fully saturated rings. The summed E-state index contributed by atoms with van der Waals surface area (Å²) in [5.74, 6) is -0.0000633. The Balaban J connectivity index is 2.54. The Morgan fingerprint density at radius 2 is 1.88 bits per heavy atom. The van der Waals surface area contributed by atoms with Crippen LogP contribution in [-0.4, -0.2) is 25.1 Å². The Morgan fingerprint density at radius 1 is 1.29 bits per heavy atom. The molecule has 0 aliphatic rings. The number of rotatable bonds is 3. The minimum absolute atomic E-state index is 0.513. The largest absolute Gasteiger partial charge is 0.481 e. The van der Waals surface area contributed by atoms with E-state index in [4.69, 9.17) is 10.5 Å². The highest BCUT2D eigenvalue weighted by molar-refractivity contribution is 5.96. The Labute approximate surface area is 99.1 Å². The first-order valence-electron chi connectivity index (χ1n) is 5.07. The molecule has 4 N–H and O–H groups in total. The van der Waals surface area contributed by atoms with Gasteiger partial charge < -0.3 is 15.8 Å². The summed E-state index contributed by atoms with van der Waals surface area (Å²) in [6, 6.07) is 6.07. The number of amides is 3. The topological polar surface area (TPSA) is 93.5 Å². The Bertz CT molecular complexity index is 403. The van der Waals surface area contributed by atoms with E-state index >= 15 is 0 Å². The van der Waals surface area contributed by atoms with Gasteiger partial charge in [-0.2, -0.15) is 0 Å². The van der Waals surface area contributed by atoms with E-state index in [1.807, 2.05) is 0 Å². The van der Waals surface area contributed by atoms with Gasteiger partial charge in [0.25, 0.3) is 5.91 Å². The number of anilines is 1. The lowest BCUT2D eigenvalue weighted by Crippen LogP contribution is -2.43. The molecule has 0 radical (unpaired) electrons. The van der Waals surface area contributed by atoms with Crippen LogP contribution in [0.2, 0.25) is 0 Å². The third kappa shape index (κ3) is 4.02. The summed E-state index contributed by atoms with van der Waals surface area (Å²) in [5.41, 5.74) is 6.12. The lowest BCUT2D eigenvalue weighted by molar-refractivity contribution is -0.126. The molecule has 0 spiro atoms. The third-order valence-electron chi connectivity index (χ3n) is 2.03. The van der Waals surface area contributed by atoms with Gasteiger partial charge in [0.1, 0.15) is 5.75 Å². The number of hydrogen-bond donors (Lipinski definition) is 3. The van der Waals surface area contributed by atoms with Crippen molar-refractivity contribution in [3.05, 3.63) is 24.3 Å². The van der Waals surface area contributed by atoms with E-state index in [1.165, 1.54) is 7.05 Å². The number of imide groups is 1. The maximum atomic E-state index is 11.5. The number of carbonyl (C=O) groups excluding carboxylic acids is 2. The first-order valence-corrected chi connectivity index (χ1v) is 5.07. The quantitative estimate of drug-likeness (QED) is 0.667. The predicted octanol–water partition coefficient (Wildman–Crippen LogP) is 0.492. The first kappa shape index (κ1) is 12.8. The van der Waals surface area contributed by atoms with E-state index in [0.29, 0.717) is 11.4 Å². The molecule has 1 atom stereocenters. The fourth-order valence-electron chi connectivity index (χ4n) is 1.08. The number of benzene rings is 1. The molecule has 1 aromatic rings. The average Bonchev–Trinajstić information content (AvgIpc) is 2.31. The summed E-state index contributed by atoms with van der Waals surface area (Å²) < 4.78 is 5.33. The number of hydrogen-bond acceptors (Lipinski definition) is 4. The minimum Gasteiger partial charge on any atom is -0.481 e. The molecule has 0 saturated heterocycles. The summed E-state index contributed by atoms with van der Waals surface area (Å²) in [7, 11) is 1.42. The van der Waals surface area contributed by atoms with Crippen LogP contribution in [0.4, 0.5) is 10.5 Å². The summed E-state index contributed by atoms with van der Waals surface area (Å²) in [6.07, 6.45) is -0.768. The number of nitrogen functional groups attached to an aromatic ring is 1. The van der Waals surface area contributed by atoms with Gasteiger partial charge in [0.05, 0.1) is 0 Å². The first-order chi connectivity index (χ1) is 8.02. The highest BCUT2D eigenvalue weighted by Gasteiger charge is 2.16. The van der Waals surface area contributed by atoms with Crippen LogP contribution in [0.3, 0.4) is 0 Å². The number of carbonyl (C=O) groups is 2. The summed E-state index contributed by atoms with van der Waals surface area (Å²) in [6.45, 7) is 1.55. The van der Waals surface area contributed by atoms with Crippen molar-refractivity contribution in [2.75, 3.05) is 12.8 Å². The van der Waals surface area contributed by atoms with Gasteiger partial charge >= 0.3 is 6.03 Å². The van der Waals surface area contributed by atoms with Crippen LogP contribution in [0.1, 0.15) is 6.92 Å². The Hall–Kier alpha value is -2.24. The predicted molar refractivity (Wildman–Crippen MR) is 63.5 cm³/mol. The molecule has 92 valence electrons. The zero-order chi connectivity index (χ0) is 12.8. The van der Waals surface area contributed by atoms with Crippen LogP contribution >= 0.6 is 0 Å². The molecule has 0 heterocycles. The van der Waals surface area contributed by atoms with Crippen LogP contribution in [0.5, 0.6) is 5.75 Å². The lowest BCUT2D eigenvalue weighted by Gasteiger charge is -2.13. The van der Waals surface area contributed by atoms with E-state index in [9.17, 15) is 9.59 Å². The van der Waals surface area contributed by atoms with E-state index < -0.39 is 18.0 Å². The number of ether oxygens (including phenoxy) is 1. The van der Waals surface area contributed by atoms with Gasteiger partial charge in [0, 0.05) is 12.7 Å². The number of nitrogens with one attached hydrogen (secondary N) is 2. The van der Waals surface area contributed by atoms with Crippen molar-refractivity contribution in [1.82, 2.24) is 10.6 Å². The molecule has 1 aromatic carbocycles. The minimum atomic E-state index is -0.768. The maximum Gasteiger partial charge on any atom is 0.321 e. The van der Waals surface area contributed by atoms with Gasteiger partial charge in [0.15, 0.2) is 6.10 Å². The lowest BCUT2D eigenvalue weighted by atomic mass is 10.3. The highest BCUT2D eigenvalue weighted by atomic mass is 16.5. The normalized spacial score (nSPS) is 11.4. The standard InChI is InChI=1S/C11H15N3O3/c1-7(10(15)14-11(16)13-2)17-9-5-3-8(12)4-6-9/h3-7H,12H2,1-2H3,(H2,13,14,15,16). The molecular weight excluding hydrogens is 222 g/mol. The van der Waals surface area contributed by atoms with Gasteiger partial charge in [-0.3, -0.25) is 10.1 Å². The van der Waals surface area contributed by atoms with Crippen molar-refractivity contribution < 1.29 is 14.3 Å². The van der Waals surface area contributed by atoms with Crippen molar-refractivity contribution in [2.24, 2.45) is 0 Å². The van der Waals surface area contributed by atoms with Crippen LogP contribution in [0.25, 0.3) is 0 Å². The maximum absolute atomic E-state index is 11.5. The summed E-state index contributed by atoms with van der Waals surface area (Å²) in [4.78, 5) is 22.4. The number of urea groups is 1. The van der Waals surface area contributed by atoms with E-state index in [-0.39, 0.29) is 0 Å². The third-order valence-corrected chi connectivity index (χ3v) is 2.03. The van der Waals surface area contributed by atoms with Crippen molar-refractivity contribution >= 4 is 17.6 Å². The van der Waals surface area contributed by atoms with E-state index in [0.717, 1.165) is 0 Å². The van der Waals surface area contributed by atoms with Crippen LogP contribution in [-0.2, 0) is 4.79 Å². The fraction of sp³-hybridized carbons (Fsp3) is 0.273. The van der Waals surface area contributed by atoms with E-state index in [2.05, 4.69) is 10.6 Å².